The summed E-state index contributed by atoms with van der Waals surface area (Å²) in [5.74, 6) is 1.65. The summed E-state index contributed by atoms with van der Waals surface area (Å²) in [6, 6.07) is 15.2. The molecular weight excluding hydrogens is 527 g/mol. The number of anilines is 1. The molecule has 2 aromatic rings. The summed E-state index contributed by atoms with van der Waals surface area (Å²) in [4.78, 5) is 7.32. The molecule has 1 aliphatic heterocycles. The van der Waals surface area contributed by atoms with Crippen LogP contribution in [0.25, 0.3) is 0 Å². The van der Waals surface area contributed by atoms with E-state index in [4.69, 9.17) is 4.74 Å². The first kappa shape index (κ1) is 25.3. The van der Waals surface area contributed by atoms with Crippen molar-refractivity contribution < 1.29 is 13.2 Å². The van der Waals surface area contributed by atoms with Crippen molar-refractivity contribution in [1.82, 2.24) is 10.6 Å². The van der Waals surface area contributed by atoms with Crippen LogP contribution in [0.5, 0.6) is 5.75 Å². The molecule has 0 amide bonds. The lowest BCUT2D eigenvalue weighted by molar-refractivity contribution is 0.415. The first-order chi connectivity index (χ1) is 14.4. The summed E-state index contributed by atoms with van der Waals surface area (Å²) in [7, 11) is -1.49. The van der Waals surface area contributed by atoms with Gasteiger partial charge in [-0.15, -0.1) is 24.0 Å². The number of ether oxygens (including phenoxy) is 1. The highest BCUT2D eigenvalue weighted by Crippen LogP contribution is 2.30. The van der Waals surface area contributed by atoms with Crippen molar-refractivity contribution in [3.05, 3.63) is 54.1 Å². The molecule has 0 saturated carbocycles. The average molecular weight is 558 g/mol. The highest BCUT2D eigenvalue weighted by atomic mass is 127. The molecule has 3 rings (SSSR count). The highest BCUT2D eigenvalue weighted by molar-refractivity contribution is 14.0. The van der Waals surface area contributed by atoms with Crippen molar-refractivity contribution in [2.45, 2.75) is 30.8 Å². The van der Waals surface area contributed by atoms with Gasteiger partial charge >= 0.3 is 0 Å². The van der Waals surface area contributed by atoms with Crippen LogP contribution in [0.4, 0.5) is 5.69 Å². The molecule has 9 heteroatoms. The van der Waals surface area contributed by atoms with E-state index >= 15 is 0 Å². The molecule has 0 bridgehead atoms. The van der Waals surface area contributed by atoms with E-state index in [0.29, 0.717) is 11.4 Å². The third-order valence-electron chi connectivity index (χ3n) is 5.07. The fraction of sp³-hybridized carbons (Fsp3) is 0.409. The number of hydrogen-bond donors (Lipinski definition) is 2. The van der Waals surface area contributed by atoms with E-state index in [9.17, 15) is 8.42 Å². The first-order valence-electron chi connectivity index (χ1n) is 10.1. The van der Waals surface area contributed by atoms with Crippen molar-refractivity contribution >= 4 is 45.5 Å². The van der Waals surface area contributed by atoms with Crippen LogP contribution >= 0.6 is 24.0 Å². The number of sulfone groups is 1. The highest BCUT2D eigenvalue weighted by Gasteiger charge is 2.25. The molecule has 2 N–H and O–H groups in total. The van der Waals surface area contributed by atoms with Crippen LogP contribution < -0.4 is 20.3 Å². The summed E-state index contributed by atoms with van der Waals surface area (Å²) < 4.78 is 28.7. The number of nitrogens with one attached hydrogen (secondary N) is 2. The topological polar surface area (TPSA) is 83.0 Å². The number of halogens is 1. The molecule has 0 spiro atoms. The Balaban J connectivity index is 0.00000341. The van der Waals surface area contributed by atoms with Crippen LogP contribution in [0.2, 0.25) is 0 Å². The van der Waals surface area contributed by atoms with E-state index in [1.165, 1.54) is 6.26 Å². The second-order valence-corrected chi connectivity index (χ2v) is 9.37. The maximum atomic E-state index is 11.6. The zero-order chi connectivity index (χ0) is 21.6. The van der Waals surface area contributed by atoms with Crippen LogP contribution in [0.3, 0.4) is 0 Å². The fourth-order valence-electron chi connectivity index (χ4n) is 3.51. The van der Waals surface area contributed by atoms with Gasteiger partial charge in [0.2, 0.25) is 0 Å². The molecule has 1 aliphatic rings. The molecule has 2 aromatic carbocycles. The molecule has 7 nitrogen and oxygen atoms in total. The quantitative estimate of drug-likeness (QED) is 0.309. The molecule has 170 valence electrons. The van der Waals surface area contributed by atoms with E-state index in [-0.39, 0.29) is 30.0 Å². The van der Waals surface area contributed by atoms with Crippen LogP contribution in [-0.4, -0.2) is 53.4 Å². The van der Waals surface area contributed by atoms with E-state index in [2.05, 4.69) is 26.6 Å². The van der Waals surface area contributed by atoms with Gasteiger partial charge in [-0.05, 0) is 43.2 Å². The van der Waals surface area contributed by atoms with Crippen LogP contribution in [0, 0.1) is 0 Å². The van der Waals surface area contributed by atoms with Gasteiger partial charge in [0.1, 0.15) is 5.75 Å². The Morgan fingerprint density at radius 1 is 1.19 bits per heavy atom. The summed E-state index contributed by atoms with van der Waals surface area (Å²) >= 11 is 0. The number of guanidine groups is 1. The van der Waals surface area contributed by atoms with Gasteiger partial charge in [-0.2, -0.15) is 0 Å². The average Bonchev–Trinajstić information content (AvgIpc) is 3.20. The van der Waals surface area contributed by atoms with E-state index in [1.807, 2.05) is 37.3 Å². The Hall–Kier alpha value is -2.01. The number of methoxy groups -OCH3 is 1. The Labute approximate surface area is 202 Å². The monoisotopic (exact) mass is 558 g/mol. The number of aliphatic imine (C=N–C) groups is 1. The third kappa shape index (κ3) is 6.99. The SMILES string of the molecule is CCNC(=NCc1ccc(S(C)(=O)=O)cc1)NC1CCN(c2ccccc2OC)C1.I. The van der Waals surface area contributed by atoms with E-state index in [0.717, 1.165) is 49.0 Å². The fourth-order valence-corrected chi connectivity index (χ4v) is 4.14. The Morgan fingerprint density at radius 3 is 2.55 bits per heavy atom. The summed E-state index contributed by atoms with van der Waals surface area (Å²) in [6.07, 6.45) is 2.22. The van der Waals surface area contributed by atoms with Gasteiger partial charge in [-0.3, -0.25) is 0 Å². The molecule has 1 fully saturated rings. The molecular formula is C22H31IN4O3S. The van der Waals surface area contributed by atoms with Crippen molar-refractivity contribution in [1.29, 1.82) is 0 Å². The van der Waals surface area contributed by atoms with E-state index < -0.39 is 9.84 Å². The van der Waals surface area contributed by atoms with Crippen molar-refractivity contribution in [2.24, 2.45) is 4.99 Å². The normalized spacial score (nSPS) is 16.5. The Kier molecular flexibility index (Phi) is 9.42. The van der Waals surface area contributed by atoms with Crippen molar-refractivity contribution in [3.8, 4) is 5.75 Å². The van der Waals surface area contributed by atoms with Gasteiger partial charge in [0.05, 0.1) is 24.2 Å². The van der Waals surface area contributed by atoms with Gasteiger partial charge in [0.25, 0.3) is 0 Å². The van der Waals surface area contributed by atoms with Gasteiger partial charge in [-0.25, -0.2) is 13.4 Å². The molecule has 0 aromatic heterocycles. The minimum atomic E-state index is -3.18. The third-order valence-corrected chi connectivity index (χ3v) is 6.20. The number of benzene rings is 2. The van der Waals surface area contributed by atoms with Crippen LogP contribution in [0.1, 0.15) is 18.9 Å². The molecule has 1 unspecified atom stereocenters. The molecule has 31 heavy (non-hydrogen) atoms. The summed E-state index contributed by atoms with van der Waals surface area (Å²) in [6.45, 7) is 5.09. The number of nitrogens with zero attached hydrogens (tertiary/aromatic N) is 2. The van der Waals surface area contributed by atoms with E-state index in [1.54, 1.807) is 19.2 Å². The first-order valence-corrected chi connectivity index (χ1v) is 12.0. The number of hydrogen-bond acceptors (Lipinski definition) is 5. The minimum Gasteiger partial charge on any atom is -0.495 e. The smallest absolute Gasteiger partial charge is 0.191 e. The van der Waals surface area contributed by atoms with Crippen molar-refractivity contribution in [3.63, 3.8) is 0 Å². The number of rotatable bonds is 7. The van der Waals surface area contributed by atoms with Crippen molar-refractivity contribution in [2.75, 3.05) is 37.9 Å². The van der Waals surface area contributed by atoms with Gasteiger partial charge in [0, 0.05) is 31.9 Å². The van der Waals surface area contributed by atoms with Gasteiger partial charge in [0.15, 0.2) is 15.8 Å². The largest absolute Gasteiger partial charge is 0.495 e. The lowest BCUT2D eigenvalue weighted by Crippen LogP contribution is -2.44. The molecule has 1 saturated heterocycles. The summed E-state index contributed by atoms with van der Waals surface area (Å²) in [5.41, 5.74) is 2.07. The van der Waals surface area contributed by atoms with Crippen LogP contribution in [0.15, 0.2) is 58.4 Å². The standard InChI is InChI=1S/C22H30N4O3S.HI/c1-4-23-22(24-15-17-9-11-19(12-10-17)30(3,27)28)25-18-13-14-26(16-18)20-7-5-6-8-21(20)29-2;/h5-12,18H,4,13-16H2,1-3H3,(H2,23,24,25);1H. The van der Waals surface area contributed by atoms with Gasteiger partial charge < -0.3 is 20.3 Å². The zero-order valence-corrected chi connectivity index (χ0v) is 21.3. The molecule has 0 radical (unpaired) electrons. The predicted molar refractivity (Wildman–Crippen MR) is 137 cm³/mol. The molecule has 1 heterocycles. The lowest BCUT2D eigenvalue weighted by atomic mass is 10.2. The second kappa shape index (κ2) is 11.6. The number of para-hydroxylation sites is 2. The minimum absolute atomic E-state index is 0. The maximum Gasteiger partial charge on any atom is 0.191 e. The molecule has 0 aliphatic carbocycles. The maximum absolute atomic E-state index is 11.6. The molecule has 1 atom stereocenters. The van der Waals surface area contributed by atoms with Crippen LogP contribution in [-0.2, 0) is 16.4 Å². The summed E-state index contributed by atoms with van der Waals surface area (Å²) in [5, 5.41) is 6.81. The Bertz CT molecular complexity index is 981. The van der Waals surface area contributed by atoms with Gasteiger partial charge in [-0.1, -0.05) is 24.3 Å². The zero-order valence-electron chi connectivity index (χ0n) is 18.2. The Morgan fingerprint density at radius 2 is 1.90 bits per heavy atom. The lowest BCUT2D eigenvalue weighted by Gasteiger charge is -2.22. The second-order valence-electron chi connectivity index (χ2n) is 7.36. The predicted octanol–water partition coefficient (Wildman–Crippen LogP) is 3.05.